The third-order valence-corrected chi connectivity index (χ3v) is 9.75. The lowest BCUT2D eigenvalue weighted by Crippen LogP contribution is -2.46. The highest BCUT2D eigenvalue weighted by Gasteiger charge is 2.35. The molecule has 234 valence electrons. The van der Waals surface area contributed by atoms with Crippen LogP contribution in [0.4, 0.5) is 11.5 Å². The van der Waals surface area contributed by atoms with Gasteiger partial charge >= 0.3 is 11.8 Å². The zero-order valence-electron chi connectivity index (χ0n) is 26.6. The van der Waals surface area contributed by atoms with Crippen molar-refractivity contribution >= 4 is 42.3 Å². The Morgan fingerprint density at radius 3 is 2.70 bits per heavy atom. The van der Waals surface area contributed by atoms with Gasteiger partial charge in [0.05, 0.1) is 35.0 Å². The molecule has 2 amide bonds. The van der Waals surface area contributed by atoms with Crippen molar-refractivity contribution in [2.45, 2.75) is 71.2 Å². The summed E-state index contributed by atoms with van der Waals surface area (Å²) in [5, 5.41) is 7.81. The first-order valence-corrected chi connectivity index (χ1v) is 18.7. The number of ether oxygens (including phenoxy) is 2. The van der Waals surface area contributed by atoms with Crippen LogP contribution in [0.1, 0.15) is 38.3 Å². The summed E-state index contributed by atoms with van der Waals surface area (Å²) in [5.74, 6) is -0.0110. The summed E-state index contributed by atoms with van der Waals surface area (Å²) >= 11 is 0. The lowest BCUT2D eigenvalue weighted by molar-refractivity contribution is -0.146. The molecular weight excluding hydrogens is 562 g/mol. The number of carbonyl (C=O) groups excluding carboxylic acids is 2. The molecule has 1 saturated heterocycles. The van der Waals surface area contributed by atoms with Crippen LogP contribution in [0.25, 0.3) is 10.9 Å². The van der Waals surface area contributed by atoms with Crippen molar-refractivity contribution < 1.29 is 19.1 Å². The van der Waals surface area contributed by atoms with E-state index in [9.17, 15) is 9.59 Å². The van der Waals surface area contributed by atoms with Crippen LogP contribution in [-0.2, 0) is 21.1 Å². The smallest absolute Gasteiger partial charge is 0.314 e. The maximum atomic E-state index is 13.7. The van der Waals surface area contributed by atoms with Gasteiger partial charge in [-0.05, 0) is 63.5 Å². The number of aromatic nitrogens is 3. The van der Waals surface area contributed by atoms with Crippen molar-refractivity contribution in [3.05, 3.63) is 42.2 Å². The van der Waals surface area contributed by atoms with Crippen LogP contribution in [0.5, 0.6) is 5.75 Å². The summed E-state index contributed by atoms with van der Waals surface area (Å²) in [6, 6.07) is 8.88. The summed E-state index contributed by atoms with van der Waals surface area (Å²) in [6.07, 6.45) is 4.79. The Balaban J connectivity index is 1.52. The largest absolute Gasteiger partial charge is 0.492 e. The molecule has 0 spiro atoms. The third-order valence-electron chi connectivity index (χ3n) is 8.05. The summed E-state index contributed by atoms with van der Waals surface area (Å²) < 4.78 is 13.6. The van der Waals surface area contributed by atoms with E-state index in [4.69, 9.17) is 15.2 Å². The molecule has 11 nitrogen and oxygen atoms in total. The maximum absolute atomic E-state index is 13.7. The molecule has 1 aromatic carbocycles. The molecule has 3 heterocycles. The molecule has 0 aliphatic carbocycles. The van der Waals surface area contributed by atoms with Gasteiger partial charge < -0.3 is 30.3 Å². The molecule has 1 unspecified atom stereocenters. The van der Waals surface area contributed by atoms with Gasteiger partial charge in [-0.2, -0.15) is 5.10 Å². The van der Waals surface area contributed by atoms with Gasteiger partial charge in [-0.25, -0.2) is 9.67 Å². The second kappa shape index (κ2) is 13.9. The molecular formula is C31H47N7O4Si. The number of benzene rings is 1. The average molecular weight is 610 g/mol. The number of nitrogens with two attached hydrogens (primary N) is 1. The second-order valence-electron chi connectivity index (χ2n) is 13.1. The molecule has 12 heteroatoms. The number of likely N-dealkylation sites (N-methyl/N-ethyl adjacent to an activating group) is 1. The first-order chi connectivity index (χ1) is 20.3. The van der Waals surface area contributed by atoms with E-state index in [-0.39, 0.29) is 24.7 Å². The first kappa shape index (κ1) is 32.4. The van der Waals surface area contributed by atoms with E-state index in [1.54, 1.807) is 15.8 Å². The fourth-order valence-electron chi connectivity index (χ4n) is 5.05. The van der Waals surface area contributed by atoms with Gasteiger partial charge in [0.15, 0.2) is 0 Å². The number of hydrogen-bond donors (Lipinski definition) is 2. The number of anilines is 2. The predicted molar refractivity (Wildman–Crippen MR) is 173 cm³/mol. The lowest BCUT2D eigenvalue weighted by atomic mass is 9.89. The monoisotopic (exact) mass is 609 g/mol. The van der Waals surface area contributed by atoms with Gasteiger partial charge in [-0.1, -0.05) is 38.7 Å². The maximum Gasteiger partial charge on any atom is 0.314 e. The standard InChI is InChI=1S/C31H47N7O4Si/c1-21-11-12-27(23-9-8-10-24(15-23)42-19-22(2)36(3)4)37(18-21)31(40)30(39)35-26-17-33-29(32)25-16-34-38(28(25)26)20-41-13-14-43(5,6)7/h8-10,15-17,21-22,27H,11-14,18-20H2,1-7H3,(H2,32,33)(H,35,39)/t21-,22?,27+/m0/s1. The number of nitrogens with zero attached hydrogens (tertiary/aromatic N) is 5. The fourth-order valence-corrected chi connectivity index (χ4v) is 5.80. The number of carbonyl (C=O) groups is 2. The van der Waals surface area contributed by atoms with Crippen LogP contribution in [0.2, 0.25) is 25.7 Å². The lowest BCUT2D eigenvalue weighted by Gasteiger charge is -2.38. The van der Waals surface area contributed by atoms with Crippen molar-refractivity contribution in [3.63, 3.8) is 0 Å². The fraction of sp³-hybridized carbons (Fsp3) is 0.548. The minimum absolute atomic E-state index is 0.200. The van der Waals surface area contributed by atoms with Gasteiger partial charge in [0.2, 0.25) is 0 Å². The molecule has 3 N–H and O–H groups in total. The van der Waals surface area contributed by atoms with Crippen LogP contribution in [-0.4, -0.2) is 84.3 Å². The minimum atomic E-state index is -1.25. The molecule has 1 fully saturated rings. The van der Waals surface area contributed by atoms with Crippen molar-refractivity contribution in [1.82, 2.24) is 24.6 Å². The van der Waals surface area contributed by atoms with E-state index in [0.717, 1.165) is 30.2 Å². The highest BCUT2D eigenvalue weighted by atomic mass is 28.3. The number of fused-ring (bicyclic) bond motifs is 1. The Labute approximate surface area is 255 Å². The van der Waals surface area contributed by atoms with Crippen LogP contribution < -0.4 is 15.8 Å². The molecule has 3 atom stereocenters. The van der Waals surface area contributed by atoms with Crippen molar-refractivity contribution in [1.29, 1.82) is 0 Å². The van der Waals surface area contributed by atoms with Crippen LogP contribution in [0.3, 0.4) is 0 Å². The van der Waals surface area contributed by atoms with Gasteiger partial charge in [0.25, 0.3) is 0 Å². The first-order valence-electron chi connectivity index (χ1n) is 15.0. The summed E-state index contributed by atoms with van der Waals surface area (Å²) in [7, 11) is 2.79. The van der Waals surface area contributed by atoms with Crippen molar-refractivity contribution in [2.24, 2.45) is 5.92 Å². The quantitative estimate of drug-likeness (QED) is 0.184. The molecule has 4 rings (SSSR count). The zero-order chi connectivity index (χ0) is 31.3. The molecule has 0 saturated carbocycles. The molecule has 3 aromatic rings. The normalized spacial score (nSPS) is 18.2. The summed E-state index contributed by atoms with van der Waals surface area (Å²) in [4.78, 5) is 35.2. The predicted octanol–water partition coefficient (Wildman–Crippen LogP) is 4.59. The van der Waals surface area contributed by atoms with Crippen LogP contribution in [0, 0.1) is 5.92 Å². The second-order valence-corrected chi connectivity index (χ2v) is 18.7. The van der Waals surface area contributed by atoms with E-state index in [0.29, 0.717) is 42.2 Å². The topological polar surface area (TPSA) is 128 Å². The SMILES string of the molecule is CC(COc1cccc([C@H]2CC[C@H](C)CN2C(=O)C(=O)Nc2cnc(N)c3cnn(COCC[Si](C)(C)C)c23)c1)N(C)C. The Kier molecular flexibility index (Phi) is 10.5. The summed E-state index contributed by atoms with van der Waals surface area (Å²) in [6.45, 7) is 12.9. The number of hydrogen-bond acceptors (Lipinski definition) is 8. The van der Waals surface area contributed by atoms with Crippen LogP contribution >= 0.6 is 0 Å². The number of nitrogen functional groups attached to an aromatic ring is 1. The highest BCUT2D eigenvalue weighted by molar-refractivity contribution is 6.76. The number of pyridine rings is 1. The number of likely N-dealkylation sites (tertiary alicyclic amines) is 1. The van der Waals surface area contributed by atoms with Crippen LogP contribution in [0.15, 0.2) is 36.7 Å². The van der Waals surface area contributed by atoms with E-state index < -0.39 is 19.9 Å². The average Bonchev–Trinajstić information content (AvgIpc) is 3.39. The third kappa shape index (κ3) is 8.33. The summed E-state index contributed by atoms with van der Waals surface area (Å²) in [5.41, 5.74) is 8.01. The molecule has 0 radical (unpaired) electrons. The number of piperidine rings is 1. The van der Waals surface area contributed by atoms with Gasteiger partial charge in [0.1, 0.15) is 24.9 Å². The Bertz CT molecular complexity index is 1420. The Morgan fingerprint density at radius 2 is 1.98 bits per heavy atom. The zero-order valence-corrected chi connectivity index (χ0v) is 27.6. The van der Waals surface area contributed by atoms with Gasteiger partial charge in [-0.15, -0.1) is 0 Å². The Hall–Kier alpha value is -3.48. The number of rotatable bonds is 11. The number of nitrogens with one attached hydrogen (secondary N) is 1. The molecule has 1 aliphatic rings. The Morgan fingerprint density at radius 1 is 1.21 bits per heavy atom. The molecule has 0 bridgehead atoms. The van der Waals surface area contributed by atoms with E-state index >= 15 is 0 Å². The van der Waals surface area contributed by atoms with Gasteiger partial charge in [-0.3, -0.25) is 9.59 Å². The highest BCUT2D eigenvalue weighted by Crippen LogP contribution is 2.35. The van der Waals surface area contributed by atoms with Gasteiger partial charge in [0, 0.05) is 27.3 Å². The minimum Gasteiger partial charge on any atom is -0.492 e. The van der Waals surface area contributed by atoms with Crippen molar-refractivity contribution in [3.8, 4) is 5.75 Å². The van der Waals surface area contributed by atoms with E-state index in [1.165, 1.54) is 6.20 Å². The molecule has 43 heavy (non-hydrogen) atoms. The molecule has 1 aliphatic heterocycles. The van der Waals surface area contributed by atoms with E-state index in [1.807, 2.05) is 38.4 Å². The molecule has 2 aromatic heterocycles. The van der Waals surface area contributed by atoms with E-state index in [2.05, 4.69) is 53.8 Å². The number of amides is 2. The van der Waals surface area contributed by atoms with Crippen molar-refractivity contribution in [2.75, 3.05) is 44.9 Å².